The van der Waals surface area contributed by atoms with Crippen LogP contribution in [-0.4, -0.2) is 27.7 Å². The Morgan fingerprint density at radius 2 is 1.69 bits per heavy atom. The van der Waals surface area contributed by atoms with Crippen molar-refractivity contribution >= 4 is 29.3 Å². The van der Waals surface area contributed by atoms with Gasteiger partial charge in [-0.3, -0.25) is 14.4 Å². The molecule has 2 aromatic rings. The minimum atomic E-state index is -0.468. The molecule has 1 fully saturated rings. The quantitative estimate of drug-likeness (QED) is 0.561. The van der Waals surface area contributed by atoms with Crippen LogP contribution in [0.5, 0.6) is 0 Å². The van der Waals surface area contributed by atoms with E-state index >= 15 is 0 Å². The van der Waals surface area contributed by atoms with E-state index in [4.69, 9.17) is 11.6 Å². The maximum absolute atomic E-state index is 13.4. The molecule has 1 heterocycles. The summed E-state index contributed by atoms with van der Waals surface area (Å²) in [4.78, 5) is 39.8. The highest BCUT2D eigenvalue weighted by molar-refractivity contribution is 6.33. The average molecular weight is 409 g/mol. The van der Waals surface area contributed by atoms with E-state index in [9.17, 15) is 14.4 Å². The molecule has 1 aliphatic heterocycles. The number of benzene rings is 2. The number of carbonyl (C=O) groups is 3. The summed E-state index contributed by atoms with van der Waals surface area (Å²) in [5, 5.41) is 2.58. The van der Waals surface area contributed by atoms with Crippen molar-refractivity contribution in [3.63, 3.8) is 0 Å². The largest absolute Gasteiger partial charge is 0.274 e. The molecule has 1 aliphatic carbocycles. The lowest BCUT2D eigenvalue weighted by Crippen LogP contribution is -2.49. The average Bonchev–Trinajstić information content (AvgIpc) is 2.96. The monoisotopic (exact) mass is 408 g/mol. The number of hydrazine groups is 1. The van der Waals surface area contributed by atoms with Crippen molar-refractivity contribution in [1.29, 1.82) is 0 Å². The van der Waals surface area contributed by atoms with E-state index in [0.29, 0.717) is 12.8 Å². The van der Waals surface area contributed by atoms with Crippen molar-refractivity contribution in [2.75, 3.05) is 0 Å². The number of amides is 3. The van der Waals surface area contributed by atoms with Crippen LogP contribution in [0.3, 0.4) is 0 Å². The molecular formula is C23H21ClN2O3. The van der Waals surface area contributed by atoms with Gasteiger partial charge in [-0.2, -0.15) is 5.01 Å². The standard InChI is InChI=1S/C23H21ClN2O3/c1-15-11-12-17-19(13-15)23(29)26(22(17)28)25(14-16-7-3-2-4-8-16)21(27)18-9-5-6-10-20(18)24/h2-11,17,19H,12-14H2,1H3/t17-,19-/m1/s1. The minimum Gasteiger partial charge on any atom is -0.272 e. The van der Waals surface area contributed by atoms with Crippen LogP contribution >= 0.6 is 11.6 Å². The fraction of sp³-hybridized carbons (Fsp3) is 0.261. The highest BCUT2D eigenvalue weighted by atomic mass is 35.5. The highest BCUT2D eigenvalue weighted by Gasteiger charge is 2.51. The first-order chi connectivity index (χ1) is 14.0. The van der Waals surface area contributed by atoms with Gasteiger partial charge >= 0.3 is 0 Å². The molecule has 2 atom stereocenters. The van der Waals surface area contributed by atoms with E-state index in [-0.39, 0.29) is 28.9 Å². The molecule has 2 aromatic carbocycles. The van der Waals surface area contributed by atoms with Gasteiger partial charge in [-0.05, 0) is 37.5 Å². The summed E-state index contributed by atoms with van der Waals surface area (Å²) in [6.07, 6.45) is 3.08. The van der Waals surface area contributed by atoms with E-state index in [0.717, 1.165) is 16.1 Å². The van der Waals surface area contributed by atoms with E-state index in [1.54, 1.807) is 24.3 Å². The Kier molecular flexibility index (Phi) is 5.24. The van der Waals surface area contributed by atoms with E-state index in [1.165, 1.54) is 5.01 Å². The first-order valence-corrected chi connectivity index (χ1v) is 9.99. The van der Waals surface area contributed by atoms with Crippen LogP contribution in [0.4, 0.5) is 0 Å². The van der Waals surface area contributed by atoms with Gasteiger partial charge in [0.1, 0.15) is 0 Å². The van der Waals surface area contributed by atoms with Gasteiger partial charge < -0.3 is 0 Å². The highest BCUT2D eigenvalue weighted by Crippen LogP contribution is 2.39. The van der Waals surface area contributed by atoms with Crippen LogP contribution in [-0.2, 0) is 16.1 Å². The first-order valence-electron chi connectivity index (χ1n) is 9.61. The molecule has 5 nitrogen and oxygen atoms in total. The zero-order chi connectivity index (χ0) is 20.5. The number of halogens is 1. The van der Waals surface area contributed by atoms with Crippen LogP contribution in [0.25, 0.3) is 0 Å². The van der Waals surface area contributed by atoms with Crippen molar-refractivity contribution in [3.8, 4) is 0 Å². The van der Waals surface area contributed by atoms with Gasteiger partial charge in [0, 0.05) is 0 Å². The fourth-order valence-electron chi connectivity index (χ4n) is 4.02. The third-order valence-corrected chi connectivity index (χ3v) is 5.88. The molecule has 0 unspecified atom stereocenters. The first kappa shape index (κ1) is 19.4. The number of fused-ring (bicyclic) bond motifs is 1. The molecule has 0 saturated carbocycles. The van der Waals surface area contributed by atoms with Crippen molar-refractivity contribution in [2.45, 2.75) is 26.3 Å². The third kappa shape index (κ3) is 3.58. The molecule has 148 valence electrons. The maximum Gasteiger partial charge on any atom is 0.274 e. The third-order valence-electron chi connectivity index (χ3n) is 5.56. The Morgan fingerprint density at radius 3 is 2.41 bits per heavy atom. The molecule has 3 amide bonds. The summed E-state index contributed by atoms with van der Waals surface area (Å²) in [5.41, 5.74) is 2.17. The Balaban J connectivity index is 1.73. The van der Waals surface area contributed by atoms with Crippen molar-refractivity contribution in [1.82, 2.24) is 10.0 Å². The molecule has 29 heavy (non-hydrogen) atoms. The molecule has 2 aliphatic rings. The van der Waals surface area contributed by atoms with Crippen LogP contribution in [0.15, 0.2) is 66.2 Å². The van der Waals surface area contributed by atoms with Gasteiger partial charge in [-0.25, -0.2) is 5.01 Å². The van der Waals surface area contributed by atoms with Crippen LogP contribution in [0.2, 0.25) is 5.02 Å². The zero-order valence-corrected chi connectivity index (χ0v) is 16.8. The second-order valence-electron chi connectivity index (χ2n) is 7.52. The molecular weight excluding hydrogens is 388 g/mol. The molecule has 0 N–H and O–H groups in total. The number of nitrogens with zero attached hydrogens (tertiary/aromatic N) is 2. The van der Waals surface area contributed by atoms with Gasteiger partial charge in [0.15, 0.2) is 0 Å². The summed E-state index contributed by atoms with van der Waals surface area (Å²) < 4.78 is 0. The Morgan fingerprint density at radius 1 is 1.03 bits per heavy atom. The van der Waals surface area contributed by atoms with Crippen LogP contribution in [0, 0.1) is 11.8 Å². The van der Waals surface area contributed by atoms with Crippen LogP contribution < -0.4 is 0 Å². The number of hydrogen-bond donors (Lipinski definition) is 0. The predicted octanol–water partition coefficient (Wildman–Crippen LogP) is 4.24. The summed E-state index contributed by atoms with van der Waals surface area (Å²) in [5.74, 6) is -1.93. The van der Waals surface area contributed by atoms with Crippen molar-refractivity contribution in [3.05, 3.63) is 82.4 Å². The molecule has 0 radical (unpaired) electrons. The number of hydrogen-bond acceptors (Lipinski definition) is 3. The predicted molar refractivity (Wildman–Crippen MR) is 110 cm³/mol. The SMILES string of the molecule is CC1=CC[C@H]2C(=O)N(N(Cc3ccccc3)C(=O)c3ccccc3Cl)C(=O)[C@@H]2C1. The molecule has 1 saturated heterocycles. The summed E-state index contributed by atoms with van der Waals surface area (Å²) >= 11 is 6.24. The van der Waals surface area contributed by atoms with Gasteiger partial charge in [-0.15, -0.1) is 0 Å². The minimum absolute atomic E-state index is 0.105. The molecule has 4 rings (SSSR count). The van der Waals surface area contributed by atoms with Crippen molar-refractivity contribution in [2.24, 2.45) is 11.8 Å². The van der Waals surface area contributed by atoms with Crippen molar-refractivity contribution < 1.29 is 14.4 Å². The molecule has 0 spiro atoms. The summed E-state index contributed by atoms with van der Waals surface area (Å²) in [6.45, 7) is 2.07. The Labute approximate surface area is 174 Å². The van der Waals surface area contributed by atoms with E-state index in [1.807, 2.05) is 43.3 Å². The Bertz CT molecular complexity index is 1000. The Hall–Kier alpha value is -2.92. The number of rotatable bonds is 4. The van der Waals surface area contributed by atoms with Gasteiger partial charge in [0.25, 0.3) is 17.7 Å². The van der Waals surface area contributed by atoms with Gasteiger partial charge in [0.2, 0.25) is 0 Å². The second kappa shape index (κ2) is 7.84. The topological polar surface area (TPSA) is 57.7 Å². The smallest absolute Gasteiger partial charge is 0.272 e. The fourth-order valence-corrected chi connectivity index (χ4v) is 4.24. The lowest BCUT2D eigenvalue weighted by molar-refractivity contribution is -0.155. The zero-order valence-electron chi connectivity index (χ0n) is 16.0. The normalized spacial score (nSPS) is 21.0. The molecule has 0 aromatic heterocycles. The lowest BCUT2D eigenvalue weighted by atomic mass is 9.82. The van der Waals surface area contributed by atoms with E-state index < -0.39 is 17.7 Å². The van der Waals surface area contributed by atoms with Gasteiger partial charge in [0.05, 0.1) is 29.0 Å². The molecule has 6 heteroatoms. The number of carbonyl (C=O) groups excluding carboxylic acids is 3. The second-order valence-corrected chi connectivity index (χ2v) is 7.93. The lowest BCUT2D eigenvalue weighted by Gasteiger charge is -2.31. The van der Waals surface area contributed by atoms with Crippen LogP contribution in [0.1, 0.15) is 35.7 Å². The van der Waals surface area contributed by atoms with E-state index in [2.05, 4.69) is 0 Å². The summed E-state index contributed by atoms with van der Waals surface area (Å²) in [7, 11) is 0. The number of allylic oxidation sites excluding steroid dienone is 2. The summed E-state index contributed by atoms with van der Waals surface area (Å²) in [6, 6.07) is 16.0. The molecule has 0 bridgehead atoms. The van der Waals surface area contributed by atoms with Gasteiger partial charge in [-0.1, -0.05) is 65.7 Å². The maximum atomic E-state index is 13.4. The number of imide groups is 1.